The number of aromatic nitrogens is 1. The Kier molecular flexibility index (Phi) is 7.57. The minimum Gasteiger partial charge on any atom is -0.456 e. The average molecular weight is 793 g/mol. The Morgan fingerprint density at radius 2 is 1.00 bits per heavy atom. The zero-order valence-corrected chi connectivity index (χ0v) is 33.5. The minimum absolute atomic E-state index is 0.853. The number of anilines is 3. The third-order valence-electron chi connectivity index (χ3n) is 12.6. The van der Waals surface area contributed by atoms with Crippen LogP contribution < -0.4 is 4.90 Å². The number of furan rings is 2. The monoisotopic (exact) mass is 792 g/mol. The maximum absolute atomic E-state index is 6.73. The van der Waals surface area contributed by atoms with Crippen LogP contribution in [0.15, 0.2) is 227 Å². The van der Waals surface area contributed by atoms with Crippen molar-refractivity contribution in [1.82, 2.24) is 4.57 Å². The molecule has 290 valence electrons. The van der Waals surface area contributed by atoms with E-state index in [0.717, 1.165) is 99.7 Å². The van der Waals surface area contributed by atoms with E-state index in [1.165, 1.54) is 21.8 Å². The molecule has 0 saturated carbocycles. The van der Waals surface area contributed by atoms with Gasteiger partial charge in [0.25, 0.3) is 0 Å². The fraction of sp³-hybridized carbons (Fsp3) is 0. The summed E-state index contributed by atoms with van der Waals surface area (Å²) < 4.78 is 15.4. The molecular weight excluding hydrogens is 757 g/mol. The SMILES string of the molecule is c1ccc(-n2c3ccccc3c3cc(-c4cccc(N(c5ccc(-c6ccc7c(c6)oc6ccccc67)cc5)c5cccc6oc7c8ccccc8ccc7c56)c4)ccc32)cc1. The molecule has 3 aromatic heterocycles. The molecule has 0 bridgehead atoms. The summed E-state index contributed by atoms with van der Waals surface area (Å²) in [4.78, 5) is 2.38. The zero-order valence-electron chi connectivity index (χ0n) is 33.5. The van der Waals surface area contributed by atoms with Gasteiger partial charge in [0.2, 0.25) is 0 Å². The summed E-state index contributed by atoms with van der Waals surface area (Å²) in [5, 5.41) is 9.15. The fourth-order valence-electron chi connectivity index (χ4n) is 9.69. The predicted octanol–water partition coefficient (Wildman–Crippen LogP) is 16.5. The van der Waals surface area contributed by atoms with Crippen LogP contribution in [0, 0.1) is 0 Å². The van der Waals surface area contributed by atoms with Crippen molar-refractivity contribution in [2.24, 2.45) is 0 Å². The molecule has 3 heterocycles. The summed E-state index contributed by atoms with van der Waals surface area (Å²) in [7, 11) is 0. The molecule has 0 spiro atoms. The van der Waals surface area contributed by atoms with E-state index in [1.54, 1.807) is 0 Å². The summed E-state index contributed by atoms with van der Waals surface area (Å²) in [6.07, 6.45) is 0. The third-order valence-corrected chi connectivity index (χ3v) is 12.6. The maximum atomic E-state index is 6.73. The second-order valence-corrected chi connectivity index (χ2v) is 16.1. The molecule has 13 rings (SSSR count). The van der Waals surface area contributed by atoms with Crippen molar-refractivity contribution < 1.29 is 8.83 Å². The smallest absolute Gasteiger partial charge is 0.143 e. The van der Waals surface area contributed by atoms with Crippen LogP contribution in [0.25, 0.3) is 104 Å². The van der Waals surface area contributed by atoms with E-state index in [2.05, 4.69) is 216 Å². The van der Waals surface area contributed by atoms with Crippen molar-refractivity contribution in [3.05, 3.63) is 218 Å². The highest BCUT2D eigenvalue weighted by Crippen LogP contribution is 2.46. The zero-order chi connectivity index (χ0) is 40.7. The molecule has 0 N–H and O–H groups in total. The van der Waals surface area contributed by atoms with E-state index in [4.69, 9.17) is 8.83 Å². The van der Waals surface area contributed by atoms with Gasteiger partial charge in [0.15, 0.2) is 0 Å². The number of benzene rings is 10. The van der Waals surface area contributed by atoms with Gasteiger partial charge in [-0.05, 0) is 119 Å². The van der Waals surface area contributed by atoms with Gasteiger partial charge in [-0.2, -0.15) is 0 Å². The van der Waals surface area contributed by atoms with Crippen molar-refractivity contribution in [1.29, 1.82) is 0 Å². The average Bonchev–Trinajstić information content (AvgIpc) is 4.02. The van der Waals surface area contributed by atoms with Crippen molar-refractivity contribution in [3.8, 4) is 27.9 Å². The molecule has 0 aliphatic carbocycles. The largest absolute Gasteiger partial charge is 0.456 e. The highest BCUT2D eigenvalue weighted by Gasteiger charge is 2.22. The van der Waals surface area contributed by atoms with Gasteiger partial charge in [0.05, 0.1) is 22.1 Å². The van der Waals surface area contributed by atoms with Crippen molar-refractivity contribution in [2.45, 2.75) is 0 Å². The van der Waals surface area contributed by atoms with Crippen LogP contribution in [0.1, 0.15) is 0 Å². The van der Waals surface area contributed by atoms with Gasteiger partial charge in [0, 0.05) is 49.4 Å². The molecular formula is C58H36N2O2. The highest BCUT2D eigenvalue weighted by atomic mass is 16.3. The second-order valence-electron chi connectivity index (χ2n) is 16.1. The Hall–Kier alpha value is -8.34. The molecule has 0 fully saturated rings. The summed E-state index contributed by atoms with van der Waals surface area (Å²) in [6, 6.07) is 78.0. The summed E-state index contributed by atoms with van der Waals surface area (Å²) in [5.41, 5.74) is 14.7. The van der Waals surface area contributed by atoms with Crippen molar-refractivity contribution in [3.63, 3.8) is 0 Å². The molecule has 4 heteroatoms. The second kappa shape index (κ2) is 13.6. The highest BCUT2D eigenvalue weighted by molar-refractivity contribution is 6.20. The number of nitrogens with zero attached hydrogens (tertiary/aromatic N) is 2. The van der Waals surface area contributed by atoms with Gasteiger partial charge in [-0.15, -0.1) is 0 Å². The van der Waals surface area contributed by atoms with Crippen LogP contribution >= 0.6 is 0 Å². The van der Waals surface area contributed by atoms with Crippen LogP contribution in [-0.2, 0) is 0 Å². The topological polar surface area (TPSA) is 34.5 Å². The van der Waals surface area contributed by atoms with E-state index >= 15 is 0 Å². The summed E-state index contributed by atoms with van der Waals surface area (Å²) in [6.45, 7) is 0. The van der Waals surface area contributed by atoms with Gasteiger partial charge in [0.1, 0.15) is 22.3 Å². The molecule has 0 radical (unpaired) electrons. The lowest BCUT2D eigenvalue weighted by atomic mass is 10.00. The van der Waals surface area contributed by atoms with Crippen LogP contribution in [0.4, 0.5) is 17.1 Å². The van der Waals surface area contributed by atoms with E-state index in [0.29, 0.717) is 0 Å². The molecule has 0 amide bonds. The molecule has 0 atom stereocenters. The van der Waals surface area contributed by atoms with Crippen molar-refractivity contribution >= 4 is 93.5 Å². The first kappa shape index (κ1) is 34.5. The van der Waals surface area contributed by atoms with Crippen LogP contribution in [-0.4, -0.2) is 4.57 Å². The lowest BCUT2D eigenvalue weighted by molar-refractivity contribution is 0.669. The van der Waals surface area contributed by atoms with Crippen LogP contribution in [0.3, 0.4) is 0 Å². The normalized spacial score (nSPS) is 11.9. The fourth-order valence-corrected chi connectivity index (χ4v) is 9.69. The summed E-state index contributed by atoms with van der Waals surface area (Å²) in [5.74, 6) is 0. The Morgan fingerprint density at radius 1 is 0.339 bits per heavy atom. The Bertz CT molecular complexity index is 3870. The number of rotatable bonds is 6. The van der Waals surface area contributed by atoms with E-state index < -0.39 is 0 Å². The number of fused-ring (bicyclic) bond motifs is 11. The standard InChI is InChI=1S/C58H36N2O2/c1-2-14-42(15-3-1)60-51-20-8-6-18-46(51)50-35-40(28-33-52(50)60)39-13-10-16-44(34-39)59(53-21-11-23-55-57(53)49-32-26-38-12-4-5-17-45(38)58(49)62-55)43-29-24-37(25-30-43)41-27-31-48-47-19-7-9-22-54(47)61-56(48)36-41/h1-36H. The van der Waals surface area contributed by atoms with E-state index in [1.807, 2.05) is 12.1 Å². The molecule has 0 saturated heterocycles. The van der Waals surface area contributed by atoms with Crippen LogP contribution in [0.2, 0.25) is 0 Å². The molecule has 0 aliphatic heterocycles. The predicted molar refractivity (Wildman–Crippen MR) is 258 cm³/mol. The van der Waals surface area contributed by atoms with Gasteiger partial charge in [-0.1, -0.05) is 127 Å². The van der Waals surface area contributed by atoms with Gasteiger partial charge >= 0.3 is 0 Å². The van der Waals surface area contributed by atoms with E-state index in [-0.39, 0.29) is 0 Å². The molecule has 0 unspecified atom stereocenters. The maximum Gasteiger partial charge on any atom is 0.143 e. The Morgan fingerprint density at radius 3 is 1.90 bits per heavy atom. The summed E-state index contributed by atoms with van der Waals surface area (Å²) >= 11 is 0. The number of para-hydroxylation sites is 3. The van der Waals surface area contributed by atoms with Gasteiger partial charge in [-0.3, -0.25) is 0 Å². The molecule has 4 nitrogen and oxygen atoms in total. The van der Waals surface area contributed by atoms with Crippen molar-refractivity contribution in [2.75, 3.05) is 4.90 Å². The molecule has 13 aromatic rings. The first-order chi connectivity index (χ1) is 30.7. The Balaban J connectivity index is 0.978. The molecule has 10 aromatic carbocycles. The number of hydrogen-bond donors (Lipinski definition) is 0. The third kappa shape index (κ3) is 5.33. The lowest BCUT2D eigenvalue weighted by Crippen LogP contribution is -2.10. The van der Waals surface area contributed by atoms with Gasteiger partial charge in [-0.25, -0.2) is 0 Å². The molecule has 0 aliphatic rings. The first-order valence-corrected chi connectivity index (χ1v) is 21.1. The van der Waals surface area contributed by atoms with Gasteiger partial charge < -0.3 is 18.3 Å². The molecule has 62 heavy (non-hydrogen) atoms. The van der Waals surface area contributed by atoms with E-state index in [9.17, 15) is 0 Å². The lowest BCUT2D eigenvalue weighted by Gasteiger charge is -2.27. The Labute approximate surface area is 356 Å². The minimum atomic E-state index is 0.853. The first-order valence-electron chi connectivity index (χ1n) is 21.1. The van der Waals surface area contributed by atoms with Crippen LogP contribution in [0.5, 0.6) is 0 Å². The number of hydrogen-bond acceptors (Lipinski definition) is 3. The quantitative estimate of drug-likeness (QED) is 0.168.